The van der Waals surface area contributed by atoms with Crippen LogP contribution in [0.4, 0.5) is 0 Å². The summed E-state index contributed by atoms with van der Waals surface area (Å²) < 4.78 is 1.07. The molecule has 0 spiro atoms. The molecule has 4 N–H and O–H groups in total. The van der Waals surface area contributed by atoms with E-state index in [2.05, 4.69) is 10.2 Å². The van der Waals surface area contributed by atoms with Crippen LogP contribution in [-0.2, 0) is 6.54 Å². The average Bonchev–Trinajstić information content (AvgIpc) is 2.61. The maximum atomic E-state index is 11.3. The number of thiocarbonyl (C=S) groups is 1. The number of nitrogens with two attached hydrogens (primary N) is 1. The highest BCUT2D eigenvalue weighted by Gasteiger charge is 2.04. The molecule has 0 saturated heterocycles. The molecule has 1 aromatic carbocycles. The Morgan fingerprint density at radius 1 is 1.18 bits per heavy atom. The zero-order valence-corrected chi connectivity index (χ0v) is 9.58. The van der Waals surface area contributed by atoms with E-state index in [0.717, 1.165) is 15.7 Å². The summed E-state index contributed by atoms with van der Waals surface area (Å²) in [6, 6.07) is 7.05. The second kappa shape index (κ2) is 4.38. The highest BCUT2D eigenvalue weighted by atomic mass is 32.1. The quantitative estimate of drug-likeness (QED) is 0.643. The molecular weight excluding hydrogens is 240 g/mol. The summed E-state index contributed by atoms with van der Waals surface area (Å²) >= 11 is 4.83. The molecule has 0 atom stereocenters. The Labute approximate surface area is 101 Å². The molecule has 2 rings (SSSR count). The molecule has 7 heteroatoms. The Bertz CT molecular complexity index is 622. The van der Waals surface area contributed by atoms with Gasteiger partial charge in [-0.05, 0) is 5.56 Å². The molecule has 1 aromatic heterocycles. The van der Waals surface area contributed by atoms with Crippen LogP contribution in [0.25, 0.3) is 0 Å². The first-order valence-electron chi connectivity index (χ1n) is 4.84. The number of H-pyrrole nitrogens is 2. The smallest absolute Gasteiger partial charge is 0.344 e. The Kier molecular flexibility index (Phi) is 2.92. The molecule has 6 nitrogen and oxygen atoms in total. The van der Waals surface area contributed by atoms with Crippen LogP contribution in [0.3, 0.4) is 0 Å². The van der Waals surface area contributed by atoms with Crippen LogP contribution in [0.2, 0.25) is 0 Å². The SMILES string of the molecule is NC(=S)c1ccc(Cn2c(=O)[nH][nH]c2=O)cc1. The number of benzene rings is 1. The minimum atomic E-state index is -0.464. The summed E-state index contributed by atoms with van der Waals surface area (Å²) in [6.07, 6.45) is 0. The van der Waals surface area contributed by atoms with Gasteiger partial charge in [-0.15, -0.1) is 0 Å². The molecule has 0 aliphatic carbocycles. The van der Waals surface area contributed by atoms with Gasteiger partial charge in [0.05, 0.1) is 6.54 Å². The van der Waals surface area contributed by atoms with Crippen LogP contribution >= 0.6 is 12.2 Å². The molecular formula is C10H10N4O2S. The fraction of sp³-hybridized carbons (Fsp3) is 0.100. The van der Waals surface area contributed by atoms with E-state index in [0.29, 0.717) is 4.99 Å². The molecule has 0 aliphatic heterocycles. The van der Waals surface area contributed by atoms with E-state index in [1.165, 1.54) is 0 Å². The lowest BCUT2D eigenvalue weighted by atomic mass is 10.1. The van der Waals surface area contributed by atoms with Gasteiger partial charge in [0.1, 0.15) is 4.99 Å². The molecule has 0 radical (unpaired) electrons. The van der Waals surface area contributed by atoms with Crippen molar-refractivity contribution in [1.29, 1.82) is 0 Å². The largest absolute Gasteiger partial charge is 0.389 e. The summed E-state index contributed by atoms with van der Waals surface area (Å²) in [4.78, 5) is 22.8. The number of aromatic amines is 2. The minimum absolute atomic E-state index is 0.204. The molecule has 0 fully saturated rings. The normalized spacial score (nSPS) is 10.4. The third-order valence-electron chi connectivity index (χ3n) is 2.35. The Hall–Kier alpha value is -2.15. The lowest BCUT2D eigenvalue weighted by Gasteiger charge is -2.02. The van der Waals surface area contributed by atoms with Crippen molar-refractivity contribution in [1.82, 2.24) is 14.8 Å². The predicted octanol–water partition coefficient (Wildman–Crippen LogP) is -0.453. The van der Waals surface area contributed by atoms with E-state index in [-0.39, 0.29) is 6.54 Å². The third kappa shape index (κ3) is 2.34. The van der Waals surface area contributed by atoms with Gasteiger partial charge in [-0.25, -0.2) is 24.4 Å². The van der Waals surface area contributed by atoms with Crippen molar-refractivity contribution in [3.05, 3.63) is 56.4 Å². The number of rotatable bonds is 3. The molecule has 17 heavy (non-hydrogen) atoms. The Morgan fingerprint density at radius 2 is 1.71 bits per heavy atom. The fourth-order valence-corrected chi connectivity index (χ4v) is 1.57. The second-order valence-corrected chi connectivity index (χ2v) is 3.95. The zero-order chi connectivity index (χ0) is 12.4. The Morgan fingerprint density at radius 3 is 2.18 bits per heavy atom. The maximum Gasteiger partial charge on any atom is 0.344 e. The highest BCUT2D eigenvalue weighted by Crippen LogP contribution is 2.04. The van der Waals surface area contributed by atoms with Crippen LogP contribution in [0, 0.1) is 0 Å². The number of hydrogen-bond acceptors (Lipinski definition) is 3. The molecule has 0 saturated carbocycles. The van der Waals surface area contributed by atoms with Gasteiger partial charge in [-0.1, -0.05) is 36.5 Å². The van der Waals surface area contributed by atoms with Crippen molar-refractivity contribution in [2.24, 2.45) is 5.73 Å². The molecule has 0 aliphatic rings. The molecule has 0 unspecified atom stereocenters. The molecule has 2 aromatic rings. The van der Waals surface area contributed by atoms with Crippen molar-refractivity contribution < 1.29 is 0 Å². The first kappa shape index (κ1) is 11.3. The second-order valence-electron chi connectivity index (χ2n) is 3.51. The first-order valence-corrected chi connectivity index (χ1v) is 5.25. The highest BCUT2D eigenvalue weighted by molar-refractivity contribution is 7.80. The van der Waals surface area contributed by atoms with Crippen molar-refractivity contribution in [3.8, 4) is 0 Å². The van der Waals surface area contributed by atoms with Crippen LogP contribution < -0.4 is 17.1 Å². The van der Waals surface area contributed by atoms with E-state index in [9.17, 15) is 9.59 Å². The van der Waals surface area contributed by atoms with E-state index < -0.39 is 11.4 Å². The van der Waals surface area contributed by atoms with E-state index in [1.54, 1.807) is 24.3 Å². The van der Waals surface area contributed by atoms with Crippen molar-refractivity contribution in [2.45, 2.75) is 6.54 Å². The summed E-state index contributed by atoms with van der Waals surface area (Å²) in [5.74, 6) is 0. The summed E-state index contributed by atoms with van der Waals surface area (Å²) in [7, 11) is 0. The number of hydrogen-bond donors (Lipinski definition) is 3. The average molecular weight is 250 g/mol. The van der Waals surface area contributed by atoms with Gasteiger partial charge in [0.2, 0.25) is 0 Å². The summed E-state index contributed by atoms with van der Waals surface area (Å²) in [5, 5.41) is 4.43. The van der Waals surface area contributed by atoms with Crippen LogP contribution in [0.5, 0.6) is 0 Å². The summed E-state index contributed by atoms with van der Waals surface area (Å²) in [6.45, 7) is 0.204. The predicted molar refractivity (Wildman–Crippen MR) is 67.1 cm³/mol. The van der Waals surface area contributed by atoms with Crippen molar-refractivity contribution >= 4 is 17.2 Å². The van der Waals surface area contributed by atoms with Gasteiger partial charge in [-0.3, -0.25) is 0 Å². The monoisotopic (exact) mass is 250 g/mol. The lowest BCUT2D eigenvalue weighted by Crippen LogP contribution is -2.27. The number of nitrogens with zero attached hydrogens (tertiary/aromatic N) is 1. The first-order chi connectivity index (χ1) is 8.08. The molecule has 1 heterocycles. The van der Waals surface area contributed by atoms with Crippen LogP contribution in [0.15, 0.2) is 33.9 Å². The van der Waals surface area contributed by atoms with E-state index >= 15 is 0 Å². The van der Waals surface area contributed by atoms with Crippen LogP contribution in [-0.4, -0.2) is 19.8 Å². The molecule has 88 valence electrons. The van der Waals surface area contributed by atoms with Crippen molar-refractivity contribution in [2.75, 3.05) is 0 Å². The molecule has 0 bridgehead atoms. The van der Waals surface area contributed by atoms with Crippen LogP contribution in [0.1, 0.15) is 11.1 Å². The van der Waals surface area contributed by atoms with Gasteiger partial charge in [0.25, 0.3) is 0 Å². The number of nitrogens with one attached hydrogen (secondary N) is 2. The van der Waals surface area contributed by atoms with Gasteiger partial charge >= 0.3 is 11.4 Å². The van der Waals surface area contributed by atoms with E-state index in [1.807, 2.05) is 0 Å². The third-order valence-corrected chi connectivity index (χ3v) is 2.58. The number of aromatic nitrogens is 3. The maximum absolute atomic E-state index is 11.3. The Balaban J connectivity index is 2.28. The fourth-order valence-electron chi connectivity index (χ4n) is 1.43. The van der Waals surface area contributed by atoms with Crippen molar-refractivity contribution in [3.63, 3.8) is 0 Å². The van der Waals surface area contributed by atoms with Gasteiger partial charge in [0, 0.05) is 5.56 Å². The molecule has 0 amide bonds. The topological polar surface area (TPSA) is 96.7 Å². The lowest BCUT2D eigenvalue weighted by molar-refractivity contribution is 0.733. The van der Waals surface area contributed by atoms with Gasteiger partial charge < -0.3 is 5.73 Å². The van der Waals surface area contributed by atoms with E-state index in [4.69, 9.17) is 18.0 Å². The standard InChI is InChI=1S/C10H10N4O2S/c11-8(17)7-3-1-6(2-4-7)5-14-9(15)12-13-10(14)16/h1-4H,5H2,(H2,11,17)(H,12,15)(H,13,16). The minimum Gasteiger partial charge on any atom is -0.389 e. The summed E-state index contributed by atoms with van der Waals surface area (Å²) in [5.41, 5.74) is 6.10. The van der Waals surface area contributed by atoms with Gasteiger partial charge in [0.15, 0.2) is 0 Å². The van der Waals surface area contributed by atoms with Gasteiger partial charge in [-0.2, -0.15) is 0 Å². The zero-order valence-electron chi connectivity index (χ0n) is 8.77.